The van der Waals surface area contributed by atoms with E-state index in [0.29, 0.717) is 37.4 Å². The summed E-state index contributed by atoms with van der Waals surface area (Å²) in [5.74, 6) is -0.306. The number of alkyl halides is 3. The van der Waals surface area contributed by atoms with E-state index in [1.807, 2.05) is 4.90 Å². The van der Waals surface area contributed by atoms with E-state index in [-0.39, 0.29) is 18.4 Å². The van der Waals surface area contributed by atoms with E-state index in [9.17, 15) is 22.4 Å². The number of nitrogens with one attached hydrogen (secondary N) is 1. The molecule has 1 aliphatic heterocycles. The Labute approximate surface area is 154 Å². The third-order valence-electron chi connectivity index (χ3n) is 4.46. The SMILES string of the molecule is O=C(NCc1cccc(C(F)(F)F)c1)N1CCN(c2ccccc2F)CC1. The van der Waals surface area contributed by atoms with Gasteiger partial charge in [0.25, 0.3) is 0 Å². The number of carbonyl (C=O) groups excluding carboxylic acids is 1. The number of urea groups is 1. The van der Waals surface area contributed by atoms with Crippen molar-refractivity contribution < 1.29 is 22.4 Å². The molecule has 3 rings (SSSR count). The van der Waals surface area contributed by atoms with Crippen molar-refractivity contribution in [1.29, 1.82) is 0 Å². The molecule has 1 saturated heterocycles. The lowest BCUT2D eigenvalue weighted by molar-refractivity contribution is -0.137. The molecule has 1 heterocycles. The first-order chi connectivity index (χ1) is 12.8. The first-order valence-corrected chi connectivity index (χ1v) is 8.53. The lowest BCUT2D eigenvalue weighted by Crippen LogP contribution is -2.51. The van der Waals surface area contributed by atoms with Crippen molar-refractivity contribution in [1.82, 2.24) is 10.2 Å². The van der Waals surface area contributed by atoms with Crippen LogP contribution in [0.15, 0.2) is 48.5 Å². The minimum Gasteiger partial charge on any atom is -0.366 e. The van der Waals surface area contributed by atoms with Crippen LogP contribution >= 0.6 is 0 Å². The Kier molecular flexibility index (Phi) is 5.53. The van der Waals surface area contributed by atoms with E-state index in [0.717, 1.165) is 12.1 Å². The monoisotopic (exact) mass is 381 g/mol. The molecular weight excluding hydrogens is 362 g/mol. The smallest absolute Gasteiger partial charge is 0.366 e. The Hall–Kier alpha value is -2.77. The number of halogens is 4. The first kappa shape index (κ1) is 19.0. The summed E-state index contributed by atoms with van der Waals surface area (Å²) in [4.78, 5) is 15.7. The second kappa shape index (κ2) is 7.85. The van der Waals surface area contributed by atoms with Crippen molar-refractivity contribution >= 4 is 11.7 Å². The Morgan fingerprint density at radius 3 is 2.37 bits per heavy atom. The minimum absolute atomic E-state index is 0.0102. The lowest BCUT2D eigenvalue weighted by atomic mass is 10.1. The number of amides is 2. The van der Waals surface area contributed by atoms with E-state index < -0.39 is 11.7 Å². The average molecular weight is 381 g/mol. The molecule has 1 N–H and O–H groups in total. The molecule has 0 radical (unpaired) electrons. The van der Waals surface area contributed by atoms with Gasteiger partial charge in [0.1, 0.15) is 5.82 Å². The highest BCUT2D eigenvalue weighted by atomic mass is 19.4. The van der Waals surface area contributed by atoms with Crippen molar-refractivity contribution in [3.05, 3.63) is 65.5 Å². The number of hydrogen-bond acceptors (Lipinski definition) is 2. The van der Waals surface area contributed by atoms with E-state index >= 15 is 0 Å². The van der Waals surface area contributed by atoms with Crippen LogP contribution in [0.2, 0.25) is 0 Å². The van der Waals surface area contributed by atoms with E-state index in [1.165, 1.54) is 18.2 Å². The van der Waals surface area contributed by atoms with Crippen molar-refractivity contribution in [2.45, 2.75) is 12.7 Å². The number of hydrogen-bond donors (Lipinski definition) is 1. The van der Waals surface area contributed by atoms with Crippen molar-refractivity contribution in [3.8, 4) is 0 Å². The van der Waals surface area contributed by atoms with Gasteiger partial charge in [-0.1, -0.05) is 24.3 Å². The minimum atomic E-state index is -4.41. The fraction of sp³-hybridized carbons (Fsp3) is 0.316. The number of nitrogens with zero attached hydrogens (tertiary/aromatic N) is 2. The number of benzene rings is 2. The Morgan fingerprint density at radius 1 is 1.00 bits per heavy atom. The standard InChI is InChI=1S/C19H19F4N3O/c20-16-6-1-2-7-17(16)25-8-10-26(11-9-25)18(27)24-13-14-4-3-5-15(12-14)19(21,22)23/h1-7,12H,8-11,13H2,(H,24,27). The molecule has 0 saturated carbocycles. The Morgan fingerprint density at radius 2 is 1.70 bits per heavy atom. The largest absolute Gasteiger partial charge is 0.416 e. The number of anilines is 1. The summed E-state index contributed by atoms with van der Waals surface area (Å²) in [7, 11) is 0. The average Bonchev–Trinajstić information content (AvgIpc) is 2.66. The van der Waals surface area contributed by atoms with Gasteiger partial charge in [0.15, 0.2) is 0 Å². The van der Waals surface area contributed by atoms with Crippen molar-refractivity contribution in [3.63, 3.8) is 0 Å². The fourth-order valence-corrected chi connectivity index (χ4v) is 3.01. The summed E-state index contributed by atoms with van der Waals surface area (Å²) >= 11 is 0. The molecule has 4 nitrogen and oxygen atoms in total. The van der Waals surface area contributed by atoms with Gasteiger partial charge in [-0.25, -0.2) is 9.18 Å². The second-order valence-corrected chi connectivity index (χ2v) is 6.28. The maximum Gasteiger partial charge on any atom is 0.416 e. The maximum absolute atomic E-state index is 13.8. The van der Waals surface area contributed by atoms with Gasteiger partial charge in [0.05, 0.1) is 11.3 Å². The van der Waals surface area contributed by atoms with Crippen molar-refractivity contribution in [2.75, 3.05) is 31.1 Å². The summed E-state index contributed by atoms with van der Waals surface area (Å²) in [6.45, 7) is 1.79. The molecule has 1 fully saturated rings. The fourth-order valence-electron chi connectivity index (χ4n) is 3.01. The van der Waals surface area contributed by atoms with Gasteiger partial charge < -0.3 is 15.1 Å². The zero-order valence-corrected chi connectivity index (χ0v) is 14.5. The molecule has 0 aromatic heterocycles. The van der Waals surface area contributed by atoms with Crippen LogP contribution in [0.4, 0.5) is 28.0 Å². The third kappa shape index (κ3) is 4.69. The zero-order chi connectivity index (χ0) is 19.4. The van der Waals surface area contributed by atoms with E-state index in [4.69, 9.17) is 0 Å². The van der Waals surface area contributed by atoms with Crippen LogP contribution in [0.5, 0.6) is 0 Å². The lowest BCUT2D eigenvalue weighted by Gasteiger charge is -2.36. The molecule has 2 aromatic carbocycles. The molecule has 144 valence electrons. The van der Waals surface area contributed by atoms with E-state index in [2.05, 4.69) is 5.32 Å². The molecule has 0 spiro atoms. The molecule has 1 aliphatic rings. The Balaban J connectivity index is 1.52. The summed E-state index contributed by atoms with van der Waals surface area (Å²) in [5, 5.41) is 2.64. The zero-order valence-electron chi connectivity index (χ0n) is 14.5. The number of rotatable bonds is 3. The topological polar surface area (TPSA) is 35.6 Å². The summed E-state index contributed by atoms with van der Waals surface area (Å²) < 4.78 is 52.0. The van der Waals surface area contributed by atoms with Crippen LogP contribution in [-0.4, -0.2) is 37.1 Å². The summed E-state index contributed by atoms with van der Waals surface area (Å²) in [6.07, 6.45) is -4.41. The quantitative estimate of drug-likeness (QED) is 0.820. The Bertz CT molecular complexity index is 802. The number of piperazine rings is 1. The van der Waals surface area contributed by atoms with Gasteiger partial charge in [-0.3, -0.25) is 0 Å². The highest BCUT2D eigenvalue weighted by molar-refractivity contribution is 5.74. The van der Waals surface area contributed by atoms with Gasteiger partial charge >= 0.3 is 12.2 Å². The number of carbonyl (C=O) groups is 1. The molecule has 2 amide bonds. The van der Waals surface area contributed by atoms with Crippen LogP contribution in [-0.2, 0) is 12.7 Å². The predicted octanol–water partition coefficient (Wildman–Crippen LogP) is 3.88. The molecule has 0 unspecified atom stereocenters. The van der Waals surface area contributed by atoms with Crippen molar-refractivity contribution in [2.24, 2.45) is 0 Å². The van der Waals surface area contributed by atoms with Crippen LogP contribution < -0.4 is 10.2 Å². The second-order valence-electron chi connectivity index (χ2n) is 6.28. The molecule has 2 aromatic rings. The maximum atomic E-state index is 13.8. The number of para-hydroxylation sites is 1. The van der Waals surface area contributed by atoms with Gasteiger partial charge in [0, 0.05) is 32.7 Å². The van der Waals surface area contributed by atoms with Crippen LogP contribution in [0.25, 0.3) is 0 Å². The molecule has 27 heavy (non-hydrogen) atoms. The van der Waals surface area contributed by atoms with Crippen LogP contribution in [0.3, 0.4) is 0 Å². The van der Waals surface area contributed by atoms with Gasteiger partial charge in [-0.2, -0.15) is 13.2 Å². The van der Waals surface area contributed by atoms with E-state index in [1.54, 1.807) is 23.1 Å². The van der Waals surface area contributed by atoms with Crippen LogP contribution in [0, 0.1) is 5.82 Å². The molecule has 0 bridgehead atoms. The third-order valence-corrected chi connectivity index (χ3v) is 4.46. The van der Waals surface area contributed by atoms with Gasteiger partial charge in [0.2, 0.25) is 0 Å². The summed E-state index contributed by atoms with van der Waals surface area (Å²) in [6, 6.07) is 11.0. The molecule has 8 heteroatoms. The molecule has 0 aliphatic carbocycles. The van der Waals surface area contributed by atoms with Gasteiger partial charge in [-0.15, -0.1) is 0 Å². The predicted molar refractivity (Wildman–Crippen MR) is 93.9 cm³/mol. The summed E-state index contributed by atoms with van der Waals surface area (Å²) in [5.41, 5.74) is 0.137. The first-order valence-electron chi connectivity index (χ1n) is 8.53. The van der Waals surface area contributed by atoms with Crippen LogP contribution in [0.1, 0.15) is 11.1 Å². The highest BCUT2D eigenvalue weighted by Gasteiger charge is 2.30. The van der Waals surface area contributed by atoms with Gasteiger partial charge in [-0.05, 0) is 29.8 Å². The highest BCUT2D eigenvalue weighted by Crippen LogP contribution is 2.29. The normalized spacial score (nSPS) is 15.0. The molecule has 0 atom stereocenters. The molecular formula is C19H19F4N3O.